The summed E-state index contributed by atoms with van der Waals surface area (Å²) in [4.78, 5) is 11.9. The van der Waals surface area contributed by atoms with Crippen LogP contribution in [0.4, 0.5) is 0 Å². The van der Waals surface area contributed by atoms with Crippen molar-refractivity contribution in [1.82, 2.24) is 5.32 Å². The number of benzene rings is 1. The van der Waals surface area contributed by atoms with Crippen molar-refractivity contribution < 1.29 is 9.21 Å². The molecular weight excluding hydrogens is 250 g/mol. The number of ketones is 1. The Morgan fingerprint density at radius 2 is 2.22 bits per heavy atom. The second-order valence-corrected chi connectivity index (χ2v) is 4.84. The van der Waals surface area contributed by atoms with E-state index >= 15 is 0 Å². The van der Waals surface area contributed by atoms with Gasteiger partial charge in [-0.25, -0.2) is 0 Å². The first kappa shape index (κ1) is 13.1. The molecular formula is C14H16ClNO2. The van der Waals surface area contributed by atoms with Crippen molar-refractivity contribution in [1.29, 1.82) is 0 Å². The molecule has 18 heavy (non-hydrogen) atoms. The minimum Gasteiger partial charge on any atom is -0.453 e. The number of carbonyl (C=O) groups excluding carboxylic acids is 1. The van der Waals surface area contributed by atoms with Crippen LogP contribution < -0.4 is 5.32 Å². The Labute approximate surface area is 111 Å². The van der Waals surface area contributed by atoms with Crippen molar-refractivity contribution >= 4 is 28.4 Å². The van der Waals surface area contributed by atoms with Gasteiger partial charge in [-0.15, -0.1) is 0 Å². The Bertz CT molecular complexity index is 562. The molecule has 0 radical (unpaired) electrons. The summed E-state index contributed by atoms with van der Waals surface area (Å²) < 4.78 is 5.50. The molecule has 1 aromatic carbocycles. The summed E-state index contributed by atoms with van der Waals surface area (Å²) in [5.74, 6) is 0.339. The number of fused-ring (bicyclic) bond motifs is 1. The SMILES string of the molecule is CCC(C)NCC(=O)c1cc2cc(Cl)ccc2o1. The van der Waals surface area contributed by atoms with Gasteiger partial charge in [-0.1, -0.05) is 18.5 Å². The van der Waals surface area contributed by atoms with Crippen LogP contribution in [-0.2, 0) is 0 Å². The zero-order chi connectivity index (χ0) is 13.1. The number of halogens is 1. The van der Waals surface area contributed by atoms with E-state index in [0.29, 0.717) is 29.0 Å². The molecule has 1 aromatic heterocycles. The zero-order valence-corrected chi connectivity index (χ0v) is 11.3. The van der Waals surface area contributed by atoms with Crippen molar-refractivity contribution in [3.8, 4) is 0 Å². The van der Waals surface area contributed by atoms with E-state index in [-0.39, 0.29) is 5.78 Å². The monoisotopic (exact) mass is 265 g/mol. The summed E-state index contributed by atoms with van der Waals surface area (Å²) in [6, 6.07) is 7.38. The maximum absolute atomic E-state index is 11.9. The highest BCUT2D eigenvalue weighted by molar-refractivity contribution is 6.31. The molecule has 3 nitrogen and oxygen atoms in total. The summed E-state index contributed by atoms with van der Waals surface area (Å²) in [5.41, 5.74) is 0.686. The van der Waals surface area contributed by atoms with Crippen LogP contribution in [0.25, 0.3) is 11.0 Å². The molecule has 4 heteroatoms. The van der Waals surface area contributed by atoms with Crippen LogP contribution in [0.3, 0.4) is 0 Å². The van der Waals surface area contributed by atoms with Crippen molar-refractivity contribution in [3.63, 3.8) is 0 Å². The molecule has 0 amide bonds. The van der Waals surface area contributed by atoms with Gasteiger partial charge in [0.25, 0.3) is 0 Å². The van der Waals surface area contributed by atoms with Crippen molar-refractivity contribution in [2.24, 2.45) is 0 Å². The molecule has 0 aliphatic heterocycles. The van der Waals surface area contributed by atoms with Gasteiger partial charge in [0.2, 0.25) is 5.78 Å². The Kier molecular flexibility index (Phi) is 4.04. The van der Waals surface area contributed by atoms with E-state index in [1.54, 1.807) is 24.3 Å². The smallest absolute Gasteiger partial charge is 0.211 e. The Morgan fingerprint density at radius 1 is 1.44 bits per heavy atom. The topological polar surface area (TPSA) is 42.2 Å². The van der Waals surface area contributed by atoms with E-state index in [2.05, 4.69) is 12.2 Å². The van der Waals surface area contributed by atoms with Gasteiger partial charge in [0.1, 0.15) is 5.58 Å². The third-order valence-corrected chi connectivity index (χ3v) is 3.21. The van der Waals surface area contributed by atoms with Crippen LogP contribution in [0, 0.1) is 0 Å². The number of nitrogens with one attached hydrogen (secondary N) is 1. The maximum atomic E-state index is 11.9. The van der Waals surface area contributed by atoms with Gasteiger partial charge in [0.15, 0.2) is 5.76 Å². The van der Waals surface area contributed by atoms with Crippen LogP contribution in [0.15, 0.2) is 28.7 Å². The third-order valence-electron chi connectivity index (χ3n) is 2.98. The lowest BCUT2D eigenvalue weighted by atomic mass is 10.2. The van der Waals surface area contributed by atoms with Crippen LogP contribution in [0.5, 0.6) is 0 Å². The van der Waals surface area contributed by atoms with Crippen LogP contribution >= 0.6 is 11.6 Å². The standard InChI is InChI=1S/C14H16ClNO2/c1-3-9(2)16-8-12(17)14-7-10-6-11(15)4-5-13(10)18-14/h4-7,9,16H,3,8H2,1-2H3. The van der Waals surface area contributed by atoms with Crippen molar-refractivity contribution in [3.05, 3.63) is 35.0 Å². The predicted octanol–water partition coefficient (Wildman–Crippen LogP) is 3.66. The minimum absolute atomic E-state index is 0.0392. The first-order valence-corrected chi connectivity index (χ1v) is 6.43. The van der Waals surface area contributed by atoms with E-state index in [1.165, 1.54) is 0 Å². The van der Waals surface area contributed by atoms with E-state index in [4.69, 9.17) is 16.0 Å². The first-order valence-electron chi connectivity index (χ1n) is 6.06. The number of hydrogen-bond acceptors (Lipinski definition) is 3. The molecule has 0 spiro atoms. The van der Waals surface area contributed by atoms with Gasteiger partial charge < -0.3 is 9.73 Å². The molecule has 2 rings (SSSR count). The first-order chi connectivity index (χ1) is 8.60. The number of rotatable bonds is 5. The quantitative estimate of drug-likeness (QED) is 0.839. The molecule has 0 fully saturated rings. The van der Waals surface area contributed by atoms with Gasteiger partial charge in [0.05, 0.1) is 6.54 Å². The fraction of sp³-hybridized carbons (Fsp3) is 0.357. The highest BCUT2D eigenvalue weighted by atomic mass is 35.5. The Hall–Kier alpha value is -1.32. The van der Waals surface area contributed by atoms with Gasteiger partial charge >= 0.3 is 0 Å². The van der Waals surface area contributed by atoms with Crippen LogP contribution in [-0.4, -0.2) is 18.4 Å². The van der Waals surface area contributed by atoms with Crippen molar-refractivity contribution in [2.45, 2.75) is 26.3 Å². The molecule has 2 aromatic rings. The van der Waals surface area contributed by atoms with E-state index in [9.17, 15) is 4.79 Å². The second-order valence-electron chi connectivity index (χ2n) is 4.41. The van der Waals surface area contributed by atoms with Gasteiger partial charge in [0, 0.05) is 16.5 Å². The average molecular weight is 266 g/mol. The zero-order valence-electron chi connectivity index (χ0n) is 10.5. The highest BCUT2D eigenvalue weighted by Gasteiger charge is 2.13. The van der Waals surface area contributed by atoms with Gasteiger partial charge in [-0.2, -0.15) is 0 Å². The Balaban J connectivity index is 2.13. The molecule has 0 aliphatic rings. The highest BCUT2D eigenvalue weighted by Crippen LogP contribution is 2.23. The largest absolute Gasteiger partial charge is 0.453 e. The van der Waals surface area contributed by atoms with E-state index in [0.717, 1.165) is 11.8 Å². The molecule has 1 heterocycles. The number of furan rings is 1. The lowest BCUT2D eigenvalue weighted by Crippen LogP contribution is -2.30. The molecule has 96 valence electrons. The van der Waals surface area contributed by atoms with E-state index < -0.39 is 0 Å². The Morgan fingerprint density at radius 3 is 2.94 bits per heavy atom. The number of Topliss-reactive ketones (excluding diaryl/α,β-unsaturated/α-hetero) is 1. The predicted molar refractivity (Wildman–Crippen MR) is 73.3 cm³/mol. The second kappa shape index (κ2) is 5.55. The molecule has 0 bridgehead atoms. The molecule has 1 N–H and O–H groups in total. The summed E-state index contributed by atoms with van der Waals surface area (Å²) in [5, 5.41) is 4.65. The van der Waals surface area contributed by atoms with Crippen molar-refractivity contribution in [2.75, 3.05) is 6.54 Å². The number of carbonyl (C=O) groups is 1. The number of hydrogen-bond donors (Lipinski definition) is 1. The van der Waals surface area contributed by atoms with Crippen LogP contribution in [0.2, 0.25) is 5.02 Å². The fourth-order valence-electron chi connectivity index (χ4n) is 1.65. The summed E-state index contributed by atoms with van der Waals surface area (Å²) in [6.45, 7) is 4.42. The normalized spacial score (nSPS) is 12.8. The minimum atomic E-state index is -0.0392. The lowest BCUT2D eigenvalue weighted by molar-refractivity contribution is 0.0963. The summed E-state index contributed by atoms with van der Waals surface area (Å²) >= 11 is 5.89. The van der Waals surface area contributed by atoms with Gasteiger partial charge in [-0.3, -0.25) is 4.79 Å². The maximum Gasteiger partial charge on any atom is 0.211 e. The van der Waals surface area contributed by atoms with Crippen LogP contribution in [0.1, 0.15) is 30.8 Å². The fourth-order valence-corrected chi connectivity index (χ4v) is 1.83. The molecule has 0 saturated carbocycles. The molecule has 1 unspecified atom stereocenters. The summed E-state index contributed by atoms with van der Waals surface area (Å²) in [7, 11) is 0. The molecule has 0 aliphatic carbocycles. The van der Waals surface area contributed by atoms with Gasteiger partial charge in [-0.05, 0) is 37.6 Å². The summed E-state index contributed by atoms with van der Waals surface area (Å²) in [6.07, 6.45) is 0.989. The lowest BCUT2D eigenvalue weighted by Gasteiger charge is -2.08. The third kappa shape index (κ3) is 2.92. The average Bonchev–Trinajstić information content (AvgIpc) is 2.78. The molecule has 1 atom stereocenters. The van der Waals surface area contributed by atoms with E-state index in [1.807, 2.05) is 6.92 Å². The molecule has 0 saturated heterocycles.